The molecule has 0 heterocycles. The summed E-state index contributed by atoms with van der Waals surface area (Å²) in [5.41, 5.74) is 0. The fourth-order valence-electron chi connectivity index (χ4n) is 1.93. The zero-order valence-corrected chi connectivity index (χ0v) is 13.0. The van der Waals surface area contributed by atoms with Gasteiger partial charge in [-0.25, -0.2) is 8.42 Å². The van der Waals surface area contributed by atoms with E-state index in [1.807, 2.05) is 6.08 Å². The quantitative estimate of drug-likeness (QED) is 0.387. The summed E-state index contributed by atoms with van der Waals surface area (Å²) in [5, 5.41) is 0. The van der Waals surface area contributed by atoms with Crippen LogP contribution in [-0.4, -0.2) is 20.4 Å². The monoisotopic (exact) mass is 274 g/mol. The van der Waals surface area contributed by atoms with E-state index in [1.54, 1.807) is 6.08 Å². The number of allylic oxidation sites excluding steroid dienone is 1. The molecule has 18 heavy (non-hydrogen) atoms. The molecule has 0 aliphatic carbocycles. The maximum Gasteiger partial charge on any atom is 0.150 e. The van der Waals surface area contributed by atoms with Gasteiger partial charge in [-0.2, -0.15) is 0 Å². The molecular weight excluding hydrogens is 244 g/mol. The lowest BCUT2D eigenvalue weighted by Gasteiger charge is -2.00. The van der Waals surface area contributed by atoms with Crippen LogP contribution in [0.2, 0.25) is 0 Å². The first kappa shape index (κ1) is 17.7. The van der Waals surface area contributed by atoms with Crippen LogP contribution in [0.15, 0.2) is 12.2 Å². The summed E-state index contributed by atoms with van der Waals surface area (Å²) in [7, 11) is -2.82. The van der Waals surface area contributed by atoms with Gasteiger partial charge < -0.3 is 0 Å². The highest BCUT2D eigenvalue weighted by Gasteiger charge is 1.95. The third-order valence-electron chi connectivity index (χ3n) is 3.04. The Morgan fingerprint density at radius 3 is 1.78 bits per heavy atom. The lowest BCUT2D eigenvalue weighted by molar-refractivity contribution is 0.566. The van der Waals surface area contributed by atoms with Crippen LogP contribution >= 0.6 is 0 Å². The maximum atomic E-state index is 10.9. The van der Waals surface area contributed by atoms with Gasteiger partial charge in [0.05, 0.1) is 5.75 Å². The molecule has 0 radical (unpaired) electrons. The number of rotatable bonds is 12. The van der Waals surface area contributed by atoms with E-state index in [4.69, 9.17) is 0 Å². The van der Waals surface area contributed by atoms with E-state index in [9.17, 15) is 8.42 Å². The molecule has 0 aliphatic rings. The Hall–Kier alpha value is -0.310. The van der Waals surface area contributed by atoms with Gasteiger partial charge in [-0.05, 0) is 12.8 Å². The predicted octanol–water partition coefficient (Wildman–Crippen LogP) is 4.51. The molecule has 0 saturated heterocycles. The van der Waals surface area contributed by atoms with Crippen molar-refractivity contribution in [1.82, 2.24) is 0 Å². The zero-order chi connectivity index (χ0) is 13.7. The van der Waals surface area contributed by atoms with Crippen molar-refractivity contribution in [1.29, 1.82) is 0 Å². The van der Waals surface area contributed by atoms with Gasteiger partial charge in [0.15, 0.2) is 9.84 Å². The Balaban J connectivity index is 3.16. The number of sulfone groups is 1. The highest BCUT2D eigenvalue weighted by molar-refractivity contribution is 7.90. The highest BCUT2D eigenvalue weighted by Crippen LogP contribution is 2.10. The molecule has 0 fully saturated rings. The van der Waals surface area contributed by atoms with E-state index in [-0.39, 0.29) is 5.75 Å². The van der Waals surface area contributed by atoms with Gasteiger partial charge in [0, 0.05) is 6.26 Å². The second kappa shape index (κ2) is 11.8. The molecule has 0 atom stereocenters. The van der Waals surface area contributed by atoms with Gasteiger partial charge >= 0.3 is 0 Å². The Morgan fingerprint density at radius 1 is 0.778 bits per heavy atom. The molecule has 0 aliphatic heterocycles. The standard InChI is InChI=1S/C15H30O2S/c1-3-4-5-6-7-8-9-10-11-12-13-14-15-18(2,16)17/h13-14H,3-12,15H2,1-2H3. The molecule has 0 rings (SSSR count). The van der Waals surface area contributed by atoms with Crippen molar-refractivity contribution in [3.8, 4) is 0 Å². The van der Waals surface area contributed by atoms with Gasteiger partial charge in [0.1, 0.15) is 0 Å². The largest absolute Gasteiger partial charge is 0.229 e. The van der Waals surface area contributed by atoms with Crippen molar-refractivity contribution in [2.24, 2.45) is 0 Å². The fraction of sp³-hybridized carbons (Fsp3) is 0.867. The van der Waals surface area contributed by atoms with Crippen molar-refractivity contribution in [2.75, 3.05) is 12.0 Å². The molecule has 2 nitrogen and oxygen atoms in total. The first-order chi connectivity index (χ1) is 8.56. The van der Waals surface area contributed by atoms with E-state index in [2.05, 4.69) is 6.92 Å². The summed E-state index contributed by atoms with van der Waals surface area (Å²) < 4.78 is 21.7. The summed E-state index contributed by atoms with van der Waals surface area (Å²) >= 11 is 0. The van der Waals surface area contributed by atoms with Crippen molar-refractivity contribution in [2.45, 2.75) is 71.1 Å². The smallest absolute Gasteiger partial charge is 0.150 e. The third kappa shape index (κ3) is 15.7. The Bertz CT molecular complexity index is 292. The van der Waals surface area contributed by atoms with E-state index in [0.29, 0.717) is 0 Å². The summed E-state index contributed by atoms with van der Waals surface area (Å²) in [6.45, 7) is 2.25. The van der Waals surface area contributed by atoms with E-state index >= 15 is 0 Å². The van der Waals surface area contributed by atoms with Gasteiger partial charge in [0.2, 0.25) is 0 Å². The van der Waals surface area contributed by atoms with Crippen LogP contribution in [0.3, 0.4) is 0 Å². The first-order valence-corrected chi connectivity index (χ1v) is 9.45. The molecule has 0 bridgehead atoms. The predicted molar refractivity (Wildman–Crippen MR) is 80.7 cm³/mol. The molecule has 0 spiro atoms. The zero-order valence-electron chi connectivity index (χ0n) is 12.2. The Kier molecular flexibility index (Phi) is 11.6. The van der Waals surface area contributed by atoms with E-state index in [0.717, 1.165) is 6.42 Å². The van der Waals surface area contributed by atoms with E-state index in [1.165, 1.54) is 64.0 Å². The van der Waals surface area contributed by atoms with Crippen molar-refractivity contribution < 1.29 is 8.42 Å². The second-order valence-electron chi connectivity index (χ2n) is 5.18. The second-order valence-corrected chi connectivity index (χ2v) is 7.37. The van der Waals surface area contributed by atoms with Crippen LogP contribution in [0, 0.1) is 0 Å². The molecule has 0 amide bonds. The Morgan fingerprint density at radius 2 is 1.28 bits per heavy atom. The lowest BCUT2D eigenvalue weighted by Crippen LogP contribution is -1.98. The normalized spacial score (nSPS) is 12.3. The van der Waals surface area contributed by atoms with Crippen LogP contribution in [0.4, 0.5) is 0 Å². The summed E-state index contributed by atoms with van der Waals surface area (Å²) in [6, 6.07) is 0. The molecule has 3 heteroatoms. The van der Waals surface area contributed by atoms with Crippen LogP contribution in [0.25, 0.3) is 0 Å². The summed E-state index contributed by atoms with van der Waals surface area (Å²) in [4.78, 5) is 0. The minimum Gasteiger partial charge on any atom is -0.229 e. The van der Waals surface area contributed by atoms with Gasteiger partial charge in [-0.15, -0.1) is 0 Å². The minimum atomic E-state index is -2.82. The summed E-state index contributed by atoms with van der Waals surface area (Å²) in [6.07, 6.45) is 18.1. The molecule has 0 saturated carbocycles. The molecule has 108 valence electrons. The maximum absolute atomic E-state index is 10.9. The molecular formula is C15H30O2S. The number of unbranched alkanes of at least 4 members (excludes halogenated alkanes) is 9. The lowest BCUT2D eigenvalue weighted by atomic mass is 10.1. The van der Waals surface area contributed by atoms with Crippen molar-refractivity contribution in [3.63, 3.8) is 0 Å². The van der Waals surface area contributed by atoms with Crippen molar-refractivity contribution in [3.05, 3.63) is 12.2 Å². The fourth-order valence-corrected chi connectivity index (χ4v) is 2.42. The average Bonchev–Trinajstić information content (AvgIpc) is 2.29. The van der Waals surface area contributed by atoms with Crippen LogP contribution in [0.5, 0.6) is 0 Å². The van der Waals surface area contributed by atoms with Gasteiger partial charge in [-0.1, -0.05) is 70.4 Å². The minimum absolute atomic E-state index is 0.185. The average molecular weight is 274 g/mol. The topological polar surface area (TPSA) is 34.1 Å². The molecule has 0 aromatic rings. The SMILES string of the molecule is CCCCCCCCCCCC=CCS(C)(=O)=O. The van der Waals surface area contributed by atoms with Crippen LogP contribution < -0.4 is 0 Å². The Labute approximate surface area is 114 Å². The van der Waals surface area contributed by atoms with Gasteiger partial charge in [-0.3, -0.25) is 0 Å². The molecule has 0 aromatic heterocycles. The summed E-state index contributed by atoms with van der Waals surface area (Å²) in [5.74, 6) is 0.185. The molecule has 0 N–H and O–H groups in total. The first-order valence-electron chi connectivity index (χ1n) is 7.39. The van der Waals surface area contributed by atoms with E-state index < -0.39 is 9.84 Å². The van der Waals surface area contributed by atoms with Crippen molar-refractivity contribution >= 4 is 9.84 Å². The highest BCUT2D eigenvalue weighted by atomic mass is 32.2. The van der Waals surface area contributed by atoms with Crippen LogP contribution in [-0.2, 0) is 9.84 Å². The third-order valence-corrected chi connectivity index (χ3v) is 3.84. The molecule has 0 aromatic carbocycles. The van der Waals surface area contributed by atoms with Crippen LogP contribution in [0.1, 0.15) is 71.1 Å². The van der Waals surface area contributed by atoms with Gasteiger partial charge in [0.25, 0.3) is 0 Å². The number of hydrogen-bond donors (Lipinski definition) is 0. The number of hydrogen-bond acceptors (Lipinski definition) is 2. The molecule has 0 unspecified atom stereocenters.